The zero-order valence-electron chi connectivity index (χ0n) is 16.2. The van der Waals surface area contributed by atoms with E-state index in [2.05, 4.69) is 74.2 Å². The van der Waals surface area contributed by atoms with E-state index in [1.54, 1.807) is 42.5 Å². The number of hydrogen-bond donors (Lipinski definition) is 1. The van der Waals surface area contributed by atoms with Crippen LogP contribution in [0.1, 0.15) is 15.9 Å². The number of esters is 1. The molecule has 3 aromatic rings. The summed E-state index contributed by atoms with van der Waals surface area (Å²) in [6.07, 6.45) is 1.48. The molecule has 6 nitrogen and oxygen atoms in total. The number of hydrogen-bond acceptors (Lipinski definition) is 5. The Labute approximate surface area is 217 Å². The number of amides is 1. The van der Waals surface area contributed by atoms with Crippen LogP contribution in [0.25, 0.3) is 0 Å². The third-order valence-corrected chi connectivity index (χ3v) is 5.99. The smallest absolute Gasteiger partial charge is 0.343 e. The SMILES string of the molecule is O=C(COc1c(Br)cc(Br)cc1Br)NN=Cc1ccc(OC(=O)c2cccc(Br)c2)cc1. The topological polar surface area (TPSA) is 77.0 Å². The first kappa shape index (κ1) is 24.6. The van der Waals surface area contributed by atoms with E-state index in [9.17, 15) is 9.59 Å². The van der Waals surface area contributed by atoms with Gasteiger partial charge in [-0.3, -0.25) is 4.79 Å². The Balaban J connectivity index is 1.49. The molecule has 0 unspecified atom stereocenters. The van der Waals surface area contributed by atoms with E-state index in [0.29, 0.717) is 31.6 Å². The summed E-state index contributed by atoms with van der Waals surface area (Å²) in [5.74, 6) is 0.0436. The first-order valence-electron chi connectivity index (χ1n) is 8.99. The van der Waals surface area contributed by atoms with Gasteiger partial charge in [0.25, 0.3) is 5.91 Å². The second-order valence-corrected chi connectivity index (χ2v) is 9.79. The van der Waals surface area contributed by atoms with Crippen molar-refractivity contribution in [2.45, 2.75) is 0 Å². The van der Waals surface area contributed by atoms with Gasteiger partial charge in [0, 0.05) is 8.95 Å². The molecule has 0 aromatic heterocycles. The van der Waals surface area contributed by atoms with E-state index in [4.69, 9.17) is 9.47 Å². The highest BCUT2D eigenvalue weighted by molar-refractivity contribution is 9.11. The molecule has 0 heterocycles. The van der Waals surface area contributed by atoms with Crippen molar-refractivity contribution in [3.63, 3.8) is 0 Å². The second-order valence-electron chi connectivity index (χ2n) is 6.25. The zero-order valence-corrected chi connectivity index (χ0v) is 22.5. The minimum Gasteiger partial charge on any atom is -0.481 e. The lowest BCUT2D eigenvalue weighted by Gasteiger charge is -2.09. The quantitative estimate of drug-likeness (QED) is 0.133. The summed E-state index contributed by atoms with van der Waals surface area (Å²) in [7, 11) is 0. The third kappa shape index (κ3) is 7.26. The number of hydrazone groups is 1. The molecule has 1 amide bonds. The number of carbonyl (C=O) groups is 2. The molecule has 3 aromatic carbocycles. The lowest BCUT2D eigenvalue weighted by Crippen LogP contribution is -2.24. The molecule has 10 heteroatoms. The number of ether oxygens (including phenoxy) is 2. The zero-order chi connectivity index (χ0) is 23.1. The van der Waals surface area contributed by atoms with E-state index >= 15 is 0 Å². The van der Waals surface area contributed by atoms with E-state index in [-0.39, 0.29) is 6.61 Å². The fourth-order valence-electron chi connectivity index (χ4n) is 2.42. The van der Waals surface area contributed by atoms with Crippen LogP contribution in [-0.2, 0) is 4.79 Å². The standard InChI is InChI=1S/C22H14Br4N2O4/c23-15-3-1-2-14(8-15)22(30)32-17-6-4-13(5-7-17)11-27-28-20(29)12-31-21-18(25)9-16(24)10-19(21)26/h1-11H,12H2,(H,28,29). The van der Waals surface area contributed by atoms with Crippen molar-refractivity contribution in [3.8, 4) is 11.5 Å². The molecule has 0 aliphatic rings. The van der Waals surface area contributed by atoms with Gasteiger partial charge in [-0.05, 0) is 92.0 Å². The van der Waals surface area contributed by atoms with Gasteiger partial charge in [-0.15, -0.1) is 0 Å². The van der Waals surface area contributed by atoms with Crippen molar-refractivity contribution in [2.75, 3.05) is 6.61 Å². The summed E-state index contributed by atoms with van der Waals surface area (Å²) >= 11 is 13.5. The van der Waals surface area contributed by atoms with Crippen LogP contribution in [0, 0.1) is 0 Å². The lowest BCUT2D eigenvalue weighted by atomic mass is 10.2. The van der Waals surface area contributed by atoms with Gasteiger partial charge in [-0.1, -0.05) is 37.9 Å². The predicted molar refractivity (Wildman–Crippen MR) is 136 cm³/mol. The molecule has 0 saturated heterocycles. The predicted octanol–water partition coefficient (Wildman–Crippen LogP) is 6.48. The van der Waals surface area contributed by atoms with Gasteiger partial charge in [0.1, 0.15) is 11.5 Å². The van der Waals surface area contributed by atoms with E-state index < -0.39 is 11.9 Å². The van der Waals surface area contributed by atoms with Crippen LogP contribution in [0.2, 0.25) is 0 Å². The van der Waals surface area contributed by atoms with E-state index in [0.717, 1.165) is 8.95 Å². The average Bonchev–Trinajstić information content (AvgIpc) is 2.74. The Morgan fingerprint density at radius 3 is 2.25 bits per heavy atom. The maximum atomic E-state index is 12.2. The molecule has 164 valence electrons. The highest BCUT2D eigenvalue weighted by Crippen LogP contribution is 2.36. The van der Waals surface area contributed by atoms with Gasteiger partial charge >= 0.3 is 5.97 Å². The third-order valence-electron chi connectivity index (χ3n) is 3.86. The van der Waals surface area contributed by atoms with Crippen LogP contribution in [0.3, 0.4) is 0 Å². The number of nitrogens with zero attached hydrogens (tertiary/aromatic N) is 1. The molecule has 0 atom stereocenters. The van der Waals surface area contributed by atoms with Gasteiger partial charge in [-0.2, -0.15) is 5.10 Å². The summed E-state index contributed by atoms with van der Waals surface area (Å²) < 4.78 is 14.0. The number of rotatable bonds is 7. The molecule has 32 heavy (non-hydrogen) atoms. The molecule has 0 fully saturated rings. The molecule has 0 saturated carbocycles. The molecule has 0 radical (unpaired) electrons. The van der Waals surface area contributed by atoms with Crippen molar-refractivity contribution in [3.05, 3.63) is 89.7 Å². The molecular weight excluding hydrogens is 676 g/mol. The number of carbonyl (C=O) groups excluding carboxylic acids is 2. The largest absolute Gasteiger partial charge is 0.481 e. The maximum absolute atomic E-state index is 12.2. The molecular formula is C22H14Br4N2O4. The Bertz CT molecular complexity index is 1140. The van der Waals surface area contributed by atoms with E-state index in [1.807, 2.05) is 18.2 Å². The fraction of sp³-hybridized carbons (Fsp3) is 0.0455. The molecule has 0 spiro atoms. The summed E-state index contributed by atoms with van der Waals surface area (Å²) in [6.45, 7) is -0.208. The van der Waals surface area contributed by atoms with Crippen molar-refractivity contribution >= 4 is 81.8 Å². The molecule has 1 N–H and O–H groups in total. The molecule has 0 aliphatic heterocycles. The van der Waals surface area contributed by atoms with Gasteiger partial charge in [0.15, 0.2) is 6.61 Å². The van der Waals surface area contributed by atoms with Gasteiger partial charge < -0.3 is 9.47 Å². The van der Waals surface area contributed by atoms with E-state index in [1.165, 1.54) is 6.21 Å². The Morgan fingerprint density at radius 2 is 1.59 bits per heavy atom. The average molecular weight is 690 g/mol. The normalized spacial score (nSPS) is 10.8. The van der Waals surface area contributed by atoms with Crippen LogP contribution in [0.5, 0.6) is 11.5 Å². The van der Waals surface area contributed by atoms with Crippen LogP contribution in [0.15, 0.2) is 83.7 Å². The highest BCUT2D eigenvalue weighted by Gasteiger charge is 2.11. The lowest BCUT2D eigenvalue weighted by molar-refractivity contribution is -0.123. The molecule has 3 rings (SSSR count). The van der Waals surface area contributed by atoms with Gasteiger partial charge in [0.05, 0.1) is 20.7 Å². The summed E-state index contributed by atoms with van der Waals surface area (Å²) in [4.78, 5) is 24.2. The van der Waals surface area contributed by atoms with Crippen LogP contribution in [0.4, 0.5) is 0 Å². The Morgan fingerprint density at radius 1 is 0.906 bits per heavy atom. The highest BCUT2D eigenvalue weighted by atomic mass is 79.9. The summed E-state index contributed by atoms with van der Waals surface area (Å²) in [6, 6.07) is 17.3. The van der Waals surface area contributed by atoms with Crippen LogP contribution in [-0.4, -0.2) is 24.7 Å². The minimum atomic E-state index is -0.455. The van der Waals surface area contributed by atoms with Gasteiger partial charge in [-0.25, -0.2) is 10.2 Å². The molecule has 0 aliphatic carbocycles. The van der Waals surface area contributed by atoms with Crippen molar-refractivity contribution < 1.29 is 19.1 Å². The second kappa shape index (κ2) is 11.7. The minimum absolute atomic E-state index is 0.208. The number of nitrogens with one attached hydrogen (secondary N) is 1. The first-order valence-corrected chi connectivity index (χ1v) is 12.2. The van der Waals surface area contributed by atoms with Crippen molar-refractivity contribution in [2.24, 2.45) is 5.10 Å². The monoisotopic (exact) mass is 686 g/mol. The maximum Gasteiger partial charge on any atom is 0.343 e. The van der Waals surface area contributed by atoms with Gasteiger partial charge in [0.2, 0.25) is 0 Å². The first-order chi connectivity index (χ1) is 15.3. The van der Waals surface area contributed by atoms with Crippen molar-refractivity contribution in [1.82, 2.24) is 5.43 Å². The molecule has 0 bridgehead atoms. The fourth-order valence-corrected chi connectivity index (χ4v) is 5.31. The number of halogens is 4. The van der Waals surface area contributed by atoms with Crippen LogP contribution < -0.4 is 14.9 Å². The van der Waals surface area contributed by atoms with Crippen molar-refractivity contribution in [1.29, 1.82) is 0 Å². The van der Waals surface area contributed by atoms with Crippen LogP contribution >= 0.6 is 63.7 Å². The summed E-state index contributed by atoms with van der Waals surface area (Å²) in [5.41, 5.74) is 3.56. The Kier molecular flexibility index (Phi) is 9.03. The summed E-state index contributed by atoms with van der Waals surface area (Å²) in [5, 5.41) is 3.91. The Hall–Kier alpha value is -2.01. The number of benzene rings is 3.